The first-order valence-corrected chi connectivity index (χ1v) is 10.4. The van der Waals surface area contributed by atoms with E-state index in [1.807, 2.05) is 37.3 Å². The van der Waals surface area contributed by atoms with Crippen molar-refractivity contribution in [3.8, 4) is 17.2 Å². The molecule has 0 saturated heterocycles. The highest BCUT2D eigenvalue weighted by molar-refractivity contribution is 5.96. The van der Waals surface area contributed by atoms with Gasteiger partial charge in [0.1, 0.15) is 12.4 Å². The Kier molecular flexibility index (Phi) is 10.0. The summed E-state index contributed by atoms with van der Waals surface area (Å²) in [5, 5.41) is 2.94. The molecule has 0 aliphatic rings. The van der Waals surface area contributed by atoms with Crippen molar-refractivity contribution < 1.29 is 23.7 Å². The average Bonchev–Trinajstić information content (AvgIpc) is 2.75. The normalized spacial score (nSPS) is 10.7. The molecule has 2 aromatic carbocycles. The molecule has 0 spiro atoms. The van der Waals surface area contributed by atoms with Crippen molar-refractivity contribution in [3.63, 3.8) is 0 Å². The lowest BCUT2D eigenvalue weighted by molar-refractivity contribution is 0.0934. The smallest absolute Gasteiger partial charge is 0.255 e. The summed E-state index contributed by atoms with van der Waals surface area (Å²) in [7, 11) is 1.61. The summed E-state index contributed by atoms with van der Waals surface area (Å²) < 4.78 is 22.2. The van der Waals surface area contributed by atoms with Gasteiger partial charge in [-0.05, 0) is 49.1 Å². The number of rotatable bonds is 13. The van der Waals surface area contributed by atoms with Crippen LogP contribution in [0, 0.1) is 5.92 Å². The lowest BCUT2D eigenvalue weighted by atomic mass is 10.1. The Morgan fingerprint density at radius 1 is 0.967 bits per heavy atom. The van der Waals surface area contributed by atoms with Crippen molar-refractivity contribution >= 4 is 5.91 Å². The predicted molar refractivity (Wildman–Crippen MR) is 118 cm³/mol. The Labute approximate surface area is 179 Å². The van der Waals surface area contributed by atoms with E-state index in [4.69, 9.17) is 18.9 Å². The summed E-state index contributed by atoms with van der Waals surface area (Å²) in [5.74, 6) is 2.29. The first kappa shape index (κ1) is 23.5. The first-order chi connectivity index (χ1) is 14.5. The van der Waals surface area contributed by atoms with Crippen molar-refractivity contribution in [3.05, 3.63) is 53.6 Å². The third-order valence-corrected chi connectivity index (χ3v) is 4.45. The molecule has 0 aliphatic carbocycles. The SMILES string of the molecule is CCOCCOc1ccccc1C(=O)NCc1ccc(OCCC(C)C)c(OC)c1. The van der Waals surface area contributed by atoms with Crippen LogP contribution in [0.25, 0.3) is 0 Å². The van der Waals surface area contributed by atoms with Gasteiger partial charge >= 0.3 is 0 Å². The van der Waals surface area contributed by atoms with Gasteiger partial charge in [0.15, 0.2) is 11.5 Å². The van der Waals surface area contributed by atoms with Crippen LogP contribution in [-0.4, -0.2) is 39.4 Å². The molecule has 0 heterocycles. The van der Waals surface area contributed by atoms with E-state index >= 15 is 0 Å². The molecule has 2 aromatic rings. The van der Waals surface area contributed by atoms with E-state index in [0.717, 1.165) is 12.0 Å². The van der Waals surface area contributed by atoms with Gasteiger partial charge in [0.05, 0.1) is 25.9 Å². The summed E-state index contributed by atoms with van der Waals surface area (Å²) in [6.07, 6.45) is 0.979. The van der Waals surface area contributed by atoms with Gasteiger partial charge in [-0.1, -0.05) is 32.0 Å². The highest BCUT2D eigenvalue weighted by Crippen LogP contribution is 2.28. The van der Waals surface area contributed by atoms with E-state index in [1.54, 1.807) is 19.2 Å². The summed E-state index contributed by atoms with van der Waals surface area (Å²) in [6.45, 7) is 8.78. The summed E-state index contributed by atoms with van der Waals surface area (Å²) >= 11 is 0. The second-order valence-electron chi connectivity index (χ2n) is 7.24. The number of para-hydroxylation sites is 1. The lowest BCUT2D eigenvalue weighted by Gasteiger charge is -2.14. The van der Waals surface area contributed by atoms with E-state index in [1.165, 1.54) is 0 Å². The Morgan fingerprint density at radius 2 is 1.73 bits per heavy atom. The van der Waals surface area contributed by atoms with Crippen LogP contribution in [0.5, 0.6) is 17.2 Å². The first-order valence-electron chi connectivity index (χ1n) is 10.4. The second kappa shape index (κ2) is 12.8. The third kappa shape index (κ3) is 7.59. The van der Waals surface area contributed by atoms with Crippen LogP contribution in [0.15, 0.2) is 42.5 Å². The van der Waals surface area contributed by atoms with Crippen molar-refractivity contribution in [2.45, 2.75) is 33.7 Å². The number of amides is 1. The third-order valence-electron chi connectivity index (χ3n) is 4.45. The van der Waals surface area contributed by atoms with E-state index in [2.05, 4.69) is 19.2 Å². The van der Waals surface area contributed by atoms with Crippen LogP contribution in [0.1, 0.15) is 43.1 Å². The van der Waals surface area contributed by atoms with Gasteiger partial charge in [0.2, 0.25) is 0 Å². The molecule has 0 atom stereocenters. The zero-order chi connectivity index (χ0) is 21.8. The number of hydrogen-bond donors (Lipinski definition) is 1. The van der Waals surface area contributed by atoms with Gasteiger partial charge in [0.25, 0.3) is 5.91 Å². The molecule has 0 fully saturated rings. The molecule has 0 bridgehead atoms. The minimum absolute atomic E-state index is 0.196. The molecule has 164 valence electrons. The number of nitrogens with one attached hydrogen (secondary N) is 1. The monoisotopic (exact) mass is 415 g/mol. The van der Waals surface area contributed by atoms with Gasteiger partial charge in [-0.3, -0.25) is 4.79 Å². The molecule has 0 radical (unpaired) electrons. The molecule has 1 amide bonds. The Balaban J connectivity index is 1.96. The van der Waals surface area contributed by atoms with Crippen molar-refractivity contribution in [1.29, 1.82) is 0 Å². The second-order valence-corrected chi connectivity index (χ2v) is 7.24. The van der Waals surface area contributed by atoms with E-state index < -0.39 is 0 Å². The Bertz CT molecular complexity index is 791. The summed E-state index contributed by atoms with van der Waals surface area (Å²) in [4.78, 5) is 12.7. The number of carbonyl (C=O) groups is 1. The van der Waals surface area contributed by atoms with Crippen molar-refractivity contribution in [2.24, 2.45) is 5.92 Å². The lowest BCUT2D eigenvalue weighted by Crippen LogP contribution is -2.23. The predicted octanol–water partition coefficient (Wildman–Crippen LogP) is 4.47. The number of carbonyl (C=O) groups excluding carboxylic acids is 1. The molecule has 6 heteroatoms. The molecule has 1 N–H and O–H groups in total. The van der Waals surface area contributed by atoms with Gasteiger partial charge < -0.3 is 24.3 Å². The molecular formula is C24H33NO5. The number of hydrogen-bond acceptors (Lipinski definition) is 5. The molecule has 0 aliphatic heterocycles. The average molecular weight is 416 g/mol. The zero-order valence-electron chi connectivity index (χ0n) is 18.4. The van der Waals surface area contributed by atoms with Crippen molar-refractivity contribution in [2.75, 3.05) is 33.5 Å². The fourth-order valence-electron chi connectivity index (χ4n) is 2.76. The summed E-state index contributed by atoms with van der Waals surface area (Å²) in [5.41, 5.74) is 1.42. The van der Waals surface area contributed by atoms with Gasteiger partial charge in [0, 0.05) is 13.2 Å². The van der Waals surface area contributed by atoms with Crippen LogP contribution in [0.4, 0.5) is 0 Å². The summed E-state index contributed by atoms with van der Waals surface area (Å²) in [6, 6.07) is 12.9. The van der Waals surface area contributed by atoms with Crippen LogP contribution < -0.4 is 19.5 Å². The fourth-order valence-corrected chi connectivity index (χ4v) is 2.76. The number of benzene rings is 2. The molecule has 6 nitrogen and oxygen atoms in total. The molecule has 2 rings (SSSR count). The largest absolute Gasteiger partial charge is 0.493 e. The highest BCUT2D eigenvalue weighted by atomic mass is 16.5. The van der Waals surface area contributed by atoms with Gasteiger partial charge in [-0.25, -0.2) is 0 Å². The van der Waals surface area contributed by atoms with Crippen LogP contribution >= 0.6 is 0 Å². The van der Waals surface area contributed by atoms with Gasteiger partial charge in [-0.2, -0.15) is 0 Å². The topological polar surface area (TPSA) is 66.0 Å². The van der Waals surface area contributed by atoms with E-state index in [9.17, 15) is 4.79 Å². The van der Waals surface area contributed by atoms with Crippen LogP contribution in [-0.2, 0) is 11.3 Å². The molecule has 0 saturated carbocycles. The molecule has 30 heavy (non-hydrogen) atoms. The van der Waals surface area contributed by atoms with Crippen LogP contribution in [0.3, 0.4) is 0 Å². The zero-order valence-corrected chi connectivity index (χ0v) is 18.4. The molecular weight excluding hydrogens is 382 g/mol. The van der Waals surface area contributed by atoms with Gasteiger partial charge in [-0.15, -0.1) is 0 Å². The maximum absolute atomic E-state index is 12.7. The fraction of sp³-hybridized carbons (Fsp3) is 0.458. The minimum Gasteiger partial charge on any atom is -0.493 e. The van der Waals surface area contributed by atoms with E-state index in [0.29, 0.717) is 61.7 Å². The standard InChI is InChI=1S/C24H33NO5/c1-5-28-14-15-30-21-9-7-6-8-20(21)24(26)25-17-19-10-11-22(23(16-19)27-4)29-13-12-18(2)3/h6-11,16,18H,5,12-15,17H2,1-4H3,(H,25,26). The highest BCUT2D eigenvalue weighted by Gasteiger charge is 2.13. The van der Waals surface area contributed by atoms with Crippen molar-refractivity contribution in [1.82, 2.24) is 5.32 Å². The number of methoxy groups -OCH3 is 1. The Morgan fingerprint density at radius 3 is 2.47 bits per heavy atom. The number of ether oxygens (including phenoxy) is 4. The molecule has 0 aromatic heterocycles. The maximum Gasteiger partial charge on any atom is 0.255 e. The Hall–Kier alpha value is -2.73. The minimum atomic E-state index is -0.196. The maximum atomic E-state index is 12.7. The molecule has 0 unspecified atom stereocenters. The van der Waals surface area contributed by atoms with E-state index in [-0.39, 0.29) is 5.91 Å². The van der Waals surface area contributed by atoms with Crippen LogP contribution in [0.2, 0.25) is 0 Å². The quantitative estimate of drug-likeness (QED) is 0.489.